The Hall–Kier alpha value is -3.93. The molecule has 2 aliphatic carbocycles. The molecule has 0 aliphatic heterocycles. The van der Waals surface area contributed by atoms with Crippen molar-refractivity contribution in [2.75, 3.05) is 23.9 Å². The minimum absolute atomic E-state index is 0.163. The van der Waals surface area contributed by atoms with Gasteiger partial charge >= 0.3 is 5.97 Å². The van der Waals surface area contributed by atoms with Gasteiger partial charge in [-0.3, -0.25) is 4.79 Å². The van der Waals surface area contributed by atoms with E-state index in [-0.39, 0.29) is 17.5 Å². The third-order valence-corrected chi connectivity index (χ3v) is 7.80. The summed E-state index contributed by atoms with van der Waals surface area (Å²) >= 11 is 0. The fourth-order valence-electron chi connectivity index (χ4n) is 5.85. The number of halogens is 1. The number of carbonyl (C=O) groups excluding carboxylic acids is 1. The predicted molar refractivity (Wildman–Crippen MR) is 149 cm³/mol. The number of carboxylic acids is 1. The van der Waals surface area contributed by atoms with Gasteiger partial charge < -0.3 is 14.9 Å². The van der Waals surface area contributed by atoms with E-state index < -0.39 is 18.3 Å². The SMILES string of the molecule is [2H][C@@H](c1ccc(-c2ccc(N(C)C)cc2)cc1)N(C(=O)[C@H]1C[C@H]2CC[C@@H]1C2)c1cc(F)cc(/C=C/C(=O)O)c1. The van der Waals surface area contributed by atoms with Crippen LogP contribution < -0.4 is 9.80 Å². The molecule has 2 bridgehead atoms. The highest BCUT2D eigenvalue weighted by Gasteiger charge is 2.44. The van der Waals surface area contributed by atoms with Gasteiger partial charge in [0.25, 0.3) is 0 Å². The van der Waals surface area contributed by atoms with Gasteiger partial charge in [0.05, 0.1) is 7.89 Å². The minimum Gasteiger partial charge on any atom is -0.478 e. The van der Waals surface area contributed by atoms with Crippen molar-refractivity contribution in [3.05, 3.63) is 89.8 Å². The van der Waals surface area contributed by atoms with Gasteiger partial charge in [-0.2, -0.15) is 0 Å². The fraction of sp³-hybridized carbons (Fsp3) is 0.312. The second-order valence-corrected chi connectivity index (χ2v) is 10.6. The molecule has 1 N–H and O–H groups in total. The van der Waals surface area contributed by atoms with Crippen molar-refractivity contribution in [1.29, 1.82) is 0 Å². The lowest BCUT2D eigenvalue weighted by Gasteiger charge is -2.30. The van der Waals surface area contributed by atoms with Crippen molar-refractivity contribution in [3.8, 4) is 11.1 Å². The van der Waals surface area contributed by atoms with E-state index in [1.807, 2.05) is 67.5 Å². The zero-order chi connectivity index (χ0) is 27.7. The molecule has 0 spiro atoms. The molecule has 2 saturated carbocycles. The first-order valence-corrected chi connectivity index (χ1v) is 13.0. The standard InChI is InChI=1S/C32H33FN2O3/c1-34(2)28-12-10-25(11-13-28)24-7-3-21(4-8-24)20-35(32(38)30-18-22-5-9-26(30)15-22)29-17-23(6-14-31(36)37)16-27(33)19-29/h3-4,6-8,10-14,16-17,19,22,26,30H,5,9,15,18,20H2,1-2H3,(H,36,37)/b14-6+/t22-,26+,30-/m0/s1/i20D/t20-,22-,26+,30-. The van der Waals surface area contributed by atoms with Crippen LogP contribution >= 0.6 is 0 Å². The maximum atomic E-state index is 14.7. The zero-order valence-electron chi connectivity index (χ0n) is 22.7. The molecule has 0 radical (unpaired) electrons. The maximum Gasteiger partial charge on any atom is 0.328 e. The van der Waals surface area contributed by atoms with Crippen molar-refractivity contribution >= 4 is 29.3 Å². The smallest absolute Gasteiger partial charge is 0.328 e. The summed E-state index contributed by atoms with van der Waals surface area (Å²) in [6.07, 6.45) is 6.21. The molecule has 1 amide bonds. The van der Waals surface area contributed by atoms with E-state index in [4.69, 9.17) is 6.48 Å². The molecule has 2 aliphatic rings. The first-order chi connectivity index (χ1) is 18.7. The third-order valence-electron chi connectivity index (χ3n) is 7.80. The van der Waals surface area contributed by atoms with Crippen molar-refractivity contribution in [1.82, 2.24) is 0 Å². The number of nitrogens with zero attached hydrogens (tertiary/aromatic N) is 2. The van der Waals surface area contributed by atoms with Crippen LogP contribution in [0.25, 0.3) is 17.2 Å². The Bertz CT molecular complexity index is 1390. The number of carbonyl (C=O) groups is 2. The lowest BCUT2D eigenvalue weighted by Crippen LogP contribution is -2.38. The number of hydrogen-bond donors (Lipinski definition) is 1. The summed E-state index contributed by atoms with van der Waals surface area (Å²) in [5.74, 6) is -1.26. The number of carboxylic acid groups (broad SMARTS) is 1. The molecule has 4 atom stereocenters. The molecule has 0 heterocycles. The molecule has 3 aromatic rings. The number of hydrogen-bond acceptors (Lipinski definition) is 3. The maximum absolute atomic E-state index is 14.7. The molecule has 5 nitrogen and oxygen atoms in total. The molecule has 0 aromatic heterocycles. The van der Waals surface area contributed by atoms with Crippen LogP contribution in [0.5, 0.6) is 0 Å². The molecule has 3 aromatic carbocycles. The summed E-state index contributed by atoms with van der Waals surface area (Å²) < 4.78 is 23.9. The van der Waals surface area contributed by atoms with Gasteiger partial charge in [0.2, 0.25) is 5.91 Å². The van der Waals surface area contributed by atoms with Gasteiger partial charge in [-0.15, -0.1) is 0 Å². The molecule has 38 heavy (non-hydrogen) atoms. The summed E-state index contributed by atoms with van der Waals surface area (Å²) in [5.41, 5.74) is 4.34. The minimum atomic E-state index is -1.15. The zero-order valence-corrected chi connectivity index (χ0v) is 21.7. The Morgan fingerprint density at radius 1 is 0.974 bits per heavy atom. The van der Waals surface area contributed by atoms with Crippen LogP contribution in [-0.2, 0) is 16.1 Å². The molecular formula is C32H33FN2O3. The van der Waals surface area contributed by atoms with E-state index >= 15 is 0 Å². The second kappa shape index (κ2) is 10.8. The number of fused-ring (bicyclic) bond motifs is 2. The summed E-state index contributed by atoms with van der Waals surface area (Å²) in [6.45, 7) is -1.08. The molecule has 196 valence electrons. The number of rotatable bonds is 8. The van der Waals surface area contributed by atoms with Gasteiger partial charge in [-0.1, -0.05) is 42.8 Å². The Labute approximate surface area is 224 Å². The largest absolute Gasteiger partial charge is 0.478 e. The van der Waals surface area contributed by atoms with Gasteiger partial charge in [-0.25, -0.2) is 9.18 Å². The van der Waals surface area contributed by atoms with E-state index in [0.717, 1.165) is 48.6 Å². The van der Waals surface area contributed by atoms with Gasteiger partial charge in [-0.05, 0) is 89.8 Å². The van der Waals surface area contributed by atoms with E-state index in [1.54, 1.807) is 6.07 Å². The molecule has 0 unspecified atom stereocenters. The Morgan fingerprint density at radius 2 is 1.66 bits per heavy atom. The van der Waals surface area contributed by atoms with Crippen molar-refractivity contribution < 1.29 is 20.5 Å². The fourth-order valence-corrected chi connectivity index (χ4v) is 5.85. The van der Waals surface area contributed by atoms with Gasteiger partial charge in [0.1, 0.15) is 5.82 Å². The average Bonchev–Trinajstić information content (AvgIpc) is 3.56. The lowest BCUT2D eigenvalue weighted by atomic mass is 9.87. The molecule has 2 fully saturated rings. The van der Waals surface area contributed by atoms with E-state index in [1.165, 1.54) is 23.1 Å². The predicted octanol–water partition coefficient (Wildman–Crippen LogP) is 6.63. The van der Waals surface area contributed by atoms with Crippen molar-refractivity contribution in [3.63, 3.8) is 0 Å². The normalized spacial score (nSPS) is 21.3. The van der Waals surface area contributed by atoms with Crippen LogP contribution in [0, 0.1) is 23.6 Å². The average molecular weight is 514 g/mol. The van der Waals surface area contributed by atoms with E-state index in [2.05, 4.69) is 0 Å². The monoisotopic (exact) mass is 513 g/mol. The Balaban J connectivity index is 1.48. The van der Waals surface area contributed by atoms with Crippen LogP contribution in [0.2, 0.25) is 0 Å². The lowest BCUT2D eigenvalue weighted by molar-refractivity contribution is -0.131. The van der Waals surface area contributed by atoms with Crippen LogP contribution in [-0.4, -0.2) is 31.1 Å². The molecule has 5 rings (SSSR count). The first-order valence-electron chi connectivity index (χ1n) is 13.6. The summed E-state index contributed by atoms with van der Waals surface area (Å²) in [4.78, 5) is 28.4. The highest BCUT2D eigenvalue weighted by atomic mass is 19.1. The summed E-state index contributed by atoms with van der Waals surface area (Å²) in [5, 5.41) is 9.02. The topological polar surface area (TPSA) is 60.9 Å². The summed E-state index contributed by atoms with van der Waals surface area (Å²) in [6, 6.07) is 19.8. The molecule has 0 saturated heterocycles. The number of anilines is 2. The van der Waals surface area contributed by atoms with Gasteiger partial charge in [0.15, 0.2) is 0 Å². The summed E-state index contributed by atoms with van der Waals surface area (Å²) in [7, 11) is 3.98. The second-order valence-electron chi connectivity index (χ2n) is 10.6. The highest BCUT2D eigenvalue weighted by Crippen LogP contribution is 2.49. The Kier molecular flexibility index (Phi) is 6.95. The van der Waals surface area contributed by atoms with Crippen molar-refractivity contribution in [2.24, 2.45) is 17.8 Å². The third kappa shape index (κ3) is 5.64. The first kappa shape index (κ1) is 24.4. The van der Waals surface area contributed by atoms with E-state index in [9.17, 15) is 14.0 Å². The highest BCUT2D eigenvalue weighted by molar-refractivity contribution is 5.96. The number of aliphatic carboxylic acids is 1. The quantitative estimate of drug-likeness (QED) is 0.344. The number of amides is 1. The number of benzene rings is 3. The van der Waals surface area contributed by atoms with Crippen LogP contribution in [0.3, 0.4) is 0 Å². The van der Waals surface area contributed by atoms with Crippen LogP contribution in [0.15, 0.2) is 72.8 Å². The van der Waals surface area contributed by atoms with Crippen molar-refractivity contribution in [2.45, 2.75) is 32.2 Å². The molecule has 6 heteroatoms. The van der Waals surface area contributed by atoms with E-state index in [0.29, 0.717) is 23.0 Å². The Morgan fingerprint density at radius 3 is 2.24 bits per heavy atom. The van der Waals surface area contributed by atoms with Gasteiger partial charge in [0, 0.05) is 37.5 Å². The molecular weight excluding hydrogens is 479 g/mol. The van der Waals surface area contributed by atoms with Crippen LogP contribution in [0.1, 0.15) is 38.2 Å². The van der Waals surface area contributed by atoms with Crippen LogP contribution in [0.4, 0.5) is 15.8 Å².